The molecule has 0 amide bonds. The van der Waals surface area contributed by atoms with Gasteiger partial charge in [0.15, 0.2) is 6.29 Å². The van der Waals surface area contributed by atoms with Crippen LogP contribution in [0.1, 0.15) is 19.3 Å². The zero-order valence-electron chi connectivity index (χ0n) is 6.69. The minimum atomic E-state index is -0.153. The van der Waals surface area contributed by atoms with Gasteiger partial charge in [0.05, 0.1) is 12.2 Å². The molecule has 1 heterocycles. The minimum absolute atomic E-state index is 0.0695. The van der Waals surface area contributed by atoms with Gasteiger partial charge in [-0.05, 0) is 12.8 Å². The predicted octanol–water partition coefficient (Wildman–Crippen LogP) is 0.519. The summed E-state index contributed by atoms with van der Waals surface area (Å²) in [4.78, 5) is 0. The third-order valence-corrected chi connectivity index (χ3v) is 2.77. The van der Waals surface area contributed by atoms with Gasteiger partial charge in [-0.25, -0.2) is 0 Å². The van der Waals surface area contributed by atoms with Crippen molar-refractivity contribution < 1.29 is 14.6 Å². The Morgan fingerprint density at radius 3 is 2.91 bits per heavy atom. The summed E-state index contributed by atoms with van der Waals surface area (Å²) in [5, 5.41) is 9.48. The highest BCUT2D eigenvalue weighted by Gasteiger charge is 2.43. The van der Waals surface area contributed by atoms with Gasteiger partial charge < -0.3 is 14.6 Å². The molecule has 0 radical (unpaired) electrons. The summed E-state index contributed by atoms with van der Waals surface area (Å²) in [7, 11) is 1.65. The lowest BCUT2D eigenvalue weighted by molar-refractivity contribution is -0.114. The second-order valence-corrected chi connectivity index (χ2v) is 3.38. The zero-order chi connectivity index (χ0) is 7.84. The Morgan fingerprint density at radius 2 is 2.27 bits per heavy atom. The summed E-state index contributed by atoms with van der Waals surface area (Å²) in [6.07, 6.45) is 2.79. The third-order valence-electron chi connectivity index (χ3n) is 2.77. The van der Waals surface area contributed by atoms with Crippen molar-refractivity contribution in [3.8, 4) is 0 Å². The molecule has 2 aliphatic rings. The lowest BCUT2D eigenvalue weighted by Crippen LogP contribution is -2.17. The highest BCUT2D eigenvalue weighted by molar-refractivity contribution is 4.90. The van der Waals surface area contributed by atoms with Gasteiger partial charge in [0.2, 0.25) is 0 Å². The fourth-order valence-electron chi connectivity index (χ4n) is 2.11. The molecule has 1 aliphatic heterocycles. The Balaban J connectivity index is 1.98. The summed E-state index contributed by atoms with van der Waals surface area (Å²) in [6.45, 7) is 0. The monoisotopic (exact) mass is 158 g/mol. The van der Waals surface area contributed by atoms with Crippen molar-refractivity contribution in [1.29, 1.82) is 0 Å². The van der Waals surface area contributed by atoms with Crippen molar-refractivity contribution in [2.45, 2.75) is 37.8 Å². The maximum absolute atomic E-state index is 9.48. The van der Waals surface area contributed by atoms with Crippen LogP contribution in [0.5, 0.6) is 0 Å². The van der Waals surface area contributed by atoms with E-state index in [1.54, 1.807) is 7.11 Å². The van der Waals surface area contributed by atoms with Crippen LogP contribution in [0.4, 0.5) is 0 Å². The van der Waals surface area contributed by atoms with Crippen LogP contribution in [0.15, 0.2) is 0 Å². The van der Waals surface area contributed by atoms with E-state index in [0.717, 1.165) is 19.3 Å². The summed E-state index contributed by atoms with van der Waals surface area (Å²) < 4.78 is 10.6. The van der Waals surface area contributed by atoms with Gasteiger partial charge >= 0.3 is 0 Å². The maximum Gasteiger partial charge on any atom is 0.158 e. The smallest absolute Gasteiger partial charge is 0.158 e. The highest BCUT2D eigenvalue weighted by atomic mass is 16.7. The number of ether oxygens (including phenoxy) is 2. The molecule has 4 atom stereocenters. The van der Waals surface area contributed by atoms with Gasteiger partial charge in [-0.1, -0.05) is 0 Å². The molecule has 0 aromatic rings. The zero-order valence-corrected chi connectivity index (χ0v) is 6.69. The first-order valence-electron chi connectivity index (χ1n) is 4.17. The largest absolute Gasteiger partial charge is 0.393 e. The number of aliphatic hydroxyl groups excluding tert-OH is 1. The van der Waals surface area contributed by atoms with Crippen LogP contribution in [0.25, 0.3) is 0 Å². The van der Waals surface area contributed by atoms with E-state index in [9.17, 15) is 5.11 Å². The fourth-order valence-corrected chi connectivity index (χ4v) is 2.11. The summed E-state index contributed by atoms with van der Waals surface area (Å²) in [5.74, 6) is 0.333. The van der Waals surface area contributed by atoms with Crippen LogP contribution >= 0.6 is 0 Å². The predicted molar refractivity (Wildman–Crippen MR) is 39.0 cm³/mol. The van der Waals surface area contributed by atoms with Crippen molar-refractivity contribution >= 4 is 0 Å². The van der Waals surface area contributed by atoms with E-state index in [1.165, 1.54) is 0 Å². The van der Waals surface area contributed by atoms with E-state index in [2.05, 4.69) is 0 Å². The van der Waals surface area contributed by atoms with Gasteiger partial charge in [0.1, 0.15) is 0 Å². The van der Waals surface area contributed by atoms with E-state index in [4.69, 9.17) is 9.47 Å². The van der Waals surface area contributed by atoms with Crippen LogP contribution in [-0.4, -0.2) is 30.7 Å². The molecular formula is C8H14O3. The van der Waals surface area contributed by atoms with Crippen LogP contribution < -0.4 is 0 Å². The van der Waals surface area contributed by atoms with Crippen molar-refractivity contribution in [3.05, 3.63) is 0 Å². The Bertz CT molecular complexity index is 148. The third kappa shape index (κ3) is 1.17. The summed E-state index contributed by atoms with van der Waals surface area (Å²) in [6, 6.07) is 0. The molecule has 1 saturated heterocycles. The summed E-state index contributed by atoms with van der Waals surface area (Å²) in [5.41, 5.74) is 0. The van der Waals surface area contributed by atoms with Gasteiger partial charge in [-0.15, -0.1) is 0 Å². The lowest BCUT2D eigenvalue weighted by atomic mass is 10.0. The molecule has 2 fully saturated rings. The SMILES string of the molecule is COC1C[C@H]2[C@H](CC[C@@H]2O)O1. The molecule has 3 nitrogen and oxygen atoms in total. The second kappa shape index (κ2) is 2.73. The first-order valence-corrected chi connectivity index (χ1v) is 4.17. The van der Waals surface area contributed by atoms with Crippen LogP contribution in [-0.2, 0) is 9.47 Å². The molecule has 2 rings (SSSR count). The van der Waals surface area contributed by atoms with Crippen LogP contribution in [0.3, 0.4) is 0 Å². The standard InChI is InChI=1S/C8H14O3/c1-10-8-4-5-6(9)2-3-7(5)11-8/h5-9H,2-4H2,1H3/t5-,6+,7+,8?/m1/s1. The Labute approximate surface area is 66.3 Å². The Hall–Kier alpha value is -0.120. The molecule has 1 aliphatic carbocycles. The molecule has 1 unspecified atom stereocenters. The Kier molecular flexibility index (Phi) is 1.87. The first kappa shape index (κ1) is 7.53. The lowest BCUT2D eigenvalue weighted by Gasteiger charge is -2.09. The van der Waals surface area contributed by atoms with Crippen molar-refractivity contribution in [2.75, 3.05) is 7.11 Å². The molecule has 0 aromatic heterocycles. The molecule has 1 saturated carbocycles. The number of aliphatic hydroxyl groups is 1. The minimum Gasteiger partial charge on any atom is -0.393 e. The molecule has 64 valence electrons. The van der Waals surface area contributed by atoms with E-state index in [-0.39, 0.29) is 18.5 Å². The molecule has 3 heteroatoms. The van der Waals surface area contributed by atoms with Crippen LogP contribution in [0, 0.1) is 5.92 Å². The van der Waals surface area contributed by atoms with Gasteiger partial charge in [-0.3, -0.25) is 0 Å². The van der Waals surface area contributed by atoms with Crippen molar-refractivity contribution in [2.24, 2.45) is 5.92 Å². The van der Waals surface area contributed by atoms with Crippen molar-refractivity contribution in [1.82, 2.24) is 0 Å². The molecule has 0 aromatic carbocycles. The van der Waals surface area contributed by atoms with E-state index in [0.29, 0.717) is 5.92 Å². The number of fused-ring (bicyclic) bond motifs is 1. The molecular weight excluding hydrogens is 144 g/mol. The molecule has 1 N–H and O–H groups in total. The number of methoxy groups -OCH3 is 1. The average molecular weight is 158 g/mol. The second-order valence-electron chi connectivity index (χ2n) is 3.38. The first-order chi connectivity index (χ1) is 5.31. The van der Waals surface area contributed by atoms with Crippen molar-refractivity contribution in [3.63, 3.8) is 0 Å². The van der Waals surface area contributed by atoms with E-state index < -0.39 is 0 Å². The number of hydrogen-bond donors (Lipinski definition) is 1. The topological polar surface area (TPSA) is 38.7 Å². The average Bonchev–Trinajstić information content (AvgIpc) is 2.53. The molecule has 11 heavy (non-hydrogen) atoms. The quantitative estimate of drug-likeness (QED) is 0.604. The fraction of sp³-hybridized carbons (Fsp3) is 1.00. The van der Waals surface area contributed by atoms with Gasteiger partial charge in [0.25, 0.3) is 0 Å². The molecule has 0 spiro atoms. The summed E-state index contributed by atoms with van der Waals surface area (Å²) >= 11 is 0. The highest BCUT2D eigenvalue weighted by Crippen LogP contribution is 2.39. The number of hydrogen-bond acceptors (Lipinski definition) is 3. The van der Waals surface area contributed by atoms with E-state index in [1.807, 2.05) is 0 Å². The molecule has 0 bridgehead atoms. The van der Waals surface area contributed by atoms with Gasteiger partial charge in [0, 0.05) is 19.4 Å². The normalized spacial score (nSPS) is 49.6. The van der Waals surface area contributed by atoms with E-state index >= 15 is 0 Å². The Morgan fingerprint density at radius 1 is 1.45 bits per heavy atom. The van der Waals surface area contributed by atoms with Crippen LogP contribution in [0.2, 0.25) is 0 Å². The maximum atomic E-state index is 9.48. The van der Waals surface area contributed by atoms with Gasteiger partial charge in [-0.2, -0.15) is 0 Å². The number of rotatable bonds is 1.